The molecule has 2 aromatic rings. The maximum absolute atomic E-state index is 6.44. The molecule has 1 N–H and O–H groups in total. The maximum atomic E-state index is 6.44. The van der Waals surface area contributed by atoms with E-state index in [2.05, 4.69) is 27.4 Å². The zero-order valence-electron chi connectivity index (χ0n) is 13.7. The first-order valence-corrected chi connectivity index (χ1v) is 9.75. The van der Waals surface area contributed by atoms with Crippen molar-refractivity contribution in [2.75, 3.05) is 11.6 Å². The number of hydrogen-bond acceptors (Lipinski definition) is 6. The predicted octanol–water partition coefficient (Wildman–Crippen LogP) is 4.62. The van der Waals surface area contributed by atoms with E-state index in [9.17, 15) is 0 Å². The highest BCUT2D eigenvalue weighted by atomic mass is 35.5. The highest BCUT2D eigenvalue weighted by molar-refractivity contribution is 7.98. The number of fused-ring (bicyclic) bond motifs is 3. The standard InChI is InChI=1S/C17H19ClN4OS/c1-10-4-3-7-17(9-10)20-13-6-5-11(18)8-12(13)14-15(23-17)19-16(24-2)22-21-14/h5-6,8,10,20H,3-4,7,9H2,1-2H3/t10-,17+/m0/s1. The lowest BCUT2D eigenvalue weighted by atomic mass is 9.84. The molecule has 1 aromatic carbocycles. The van der Waals surface area contributed by atoms with E-state index in [0.29, 0.717) is 27.7 Å². The molecule has 0 amide bonds. The molecule has 0 saturated heterocycles. The zero-order valence-corrected chi connectivity index (χ0v) is 15.2. The quantitative estimate of drug-likeness (QED) is 0.746. The minimum atomic E-state index is -0.447. The largest absolute Gasteiger partial charge is 0.449 e. The van der Waals surface area contributed by atoms with Gasteiger partial charge in [0.1, 0.15) is 0 Å². The summed E-state index contributed by atoms with van der Waals surface area (Å²) in [5.41, 5.74) is 2.06. The number of nitrogens with zero attached hydrogens (tertiary/aromatic N) is 3. The molecule has 2 heterocycles. The Kier molecular flexibility index (Phi) is 4.04. The molecule has 1 aromatic heterocycles. The van der Waals surface area contributed by atoms with Crippen molar-refractivity contribution in [3.05, 3.63) is 23.2 Å². The molecule has 126 valence electrons. The van der Waals surface area contributed by atoms with Crippen molar-refractivity contribution < 1.29 is 4.74 Å². The van der Waals surface area contributed by atoms with Crippen molar-refractivity contribution in [2.24, 2.45) is 5.92 Å². The van der Waals surface area contributed by atoms with Crippen LogP contribution in [0.25, 0.3) is 11.3 Å². The Morgan fingerprint density at radius 3 is 3.04 bits per heavy atom. The molecule has 4 rings (SSSR count). The molecule has 1 saturated carbocycles. The van der Waals surface area contributed by atoms with E-state index in [1.54, 1.807) is 0 Å². The molecule has 24 heavy (non-hydrogen) atoms. The molecule has 1 fully saturated rings. The minimum Gasteiger partial charge on any atom is -0.449 e. The van der Waals surface area contributed by atoms with Gasteiger partial charge < -0.3 is 10.1 Å². The number of anilines is 1. The number of rotatable bonds is 1. The van der Waals surface area contributed by atoms with Gasteiger partial charge in [0.05, 0.1) is 0 Å². The van der Waals surface area contributed by atoms with Crippen LogP contribution < -0.4 is 10.1 Å². The summed E-state index contributed by atoms with van der Waals surface area (Å²) in [4.78, 5) is 4.58. The first-order chi connectivity index (χ1) is 11.6. The van der Waals surface area contributed by atoms with Gasteiger partial charge in [0.25, 0.3) is 0 Å². The molecular formula is C17H19ClN4OS. The fourth-order valence-electron chi connectivity index (χ4n) is 3.61. The van der Waals surface area contributed by atoms with Crippen molar-refractivity contribution in [3.63, 3.8) is 0 Å². The van der Waals surface area contributed by atoms with Gasteiger partial charge in [-0.2, -0.15) is 4.98 Å². The smallest absolute Gasteiger partial charge is 0.247 e. The lowest BCUT2D eigenvalue weighted by Crippen LogP contribution is -2.47. The van der Waals surface area contributed by atoms with E-state index in [-0.39, 0.29) is 0 Å². The van der Waals surface area contributed by atoms with E-state index in [1.165, 1.54) is 18.2 Å². The van der Waals surface area contributed by atoms with E-state index < -0.39 is 5.72 Å². The molecule has 1 aliphatic carbocycles. The Labute approximate surface area is 150 Å². The number of benzene rings is 1. The Balaban J connectivity index is 1.89. The third kappa shape index (κ3) is 2.82. The van der Waals surface area contributed by atoms with E-state index in [1.807, 2.05) is 24.5 Å². The van der Waals surface area contributed by atoms with Crippen molar-refractivity contribution in [2.45, 2.75) is 43.5 Å². The SMILES string of the molecule is CSc1nnc2c(n1)O[C@@]1(CCC[C@H](C)C1)Nc1ccc(Cl)cc1-2. The summed E-state index contributed by atoms with van der Waals surface area (Å²) in [5, 5.41) is 13.4. The fourth-order valence-corrected chi connectivity index (χ4v) is 4.08. The number of aromatic nitrogens is 3. The number of ether oxygens (including phenoxy) is 1. The second kappa shape index (κ2) is 6.08. The first kappa shape index (κ1) is 16.0. The van der Waals surface area contributed by atoms with Gasteiger partial charge in [-0.25, -0.2) is 0 Å². The number of nitrogens with one attached hydrogen (secondary N) is 1. The van der Waals surface area contributed by atoms with Crippen molar-refractivity contribution in [1.82, 2.24) is 15.2 Å². The number of halogens is 1. The molecule has 1 aliphatic heterocycles. The summed E-state index contributed by atoms with van der Waals surface area (Å²) >= 11 is 7.67. The molecule has 0 radical (unpaired) electrons. The molecule has 0 bridgehead atoms. The molecule has 0 unspecified atom stereocenters. The van der Waals surface area contributed by atoms with Crippen LogP contribution in [0.2, 0.25) is 5.02 Å². The second-order valence-electron chi connectivity index (χ2n) is 6.57. The van der Waals surface area contributed by atoms with E-state index >= 15 is 0 Å². The third-order valence-electron chi connectivity index (χ3n) is 4.66. The Morgan fingerprint density at radius 1 is 1.38 bits per heavy atom. The summed E-state index contributed by atoms with van der Waals surface area (Å²) in [6.45, 7) is 2.27. The Bertz CT molecular complexity index is 787. The lowest BCUT2D eigenvalue weighted by Gasteiger charge is -2.40. The minimum absolute atomic E-state index is 0.447. The number of thioether (sulfide) groups is 1. The van der Waals surface area contributed by atoms with Gasteiger partial charge in [-0.3, -0.25) is 0 Å². The Morgan fingerprint density at radius 2 is 2.25 bits per heavy atom. The summed E-state index contributed by atoms with van der Waals surface area (Å²) in [6, 6.07) is 5.77. The van der Waals surface area contributed by atoms with Gasteiger partial charge in [0.2, 0.25) is 11.0 Å². The monoisotopic (exact) mass is 362 g/mol. The lowest BCUT2D eigenvalue weighted by molar-refractivity contribution is 0.0343. The average molecular weight is 363 g/mol. The van der Waals surface area contributed by atoms with Gasteiger partial charge in [-0.1, -0.05) is 36.7 Å². The van der Waals surface area contributed by atoms with E-state index in [4.69, 9.17) is 16.3 Å². The first-order valence-electron chi connectivity index (χ1n) is 8.14. The van der Waals surface area contributed by atoms with Crippen LogP contribution in [0.15, 0.2) is 23.4 Å². The van der Waals surface area contributed by atoms with Crippen LogP contribution in [0.3, 0.4) is 0 Å². The fraction of sp³-hybridized carbons (Fsp3) is 0.471. The van der Waals surface area contributed by atoms with Crippen LogP contribution in [0, 0.1) is 5.92 Å². The van der Waals surface area contributed by atoms with Crippen LogP contribution in [-0.4, -0.2) is 27.2 Å². The van der Waals surface area contributed by atoms with Crippen molar-refractivity contribution in [3.8, 4) is 17.1 Å². The van der Waals surface area contributed by atoms with Crippen LogP contribution in [-0.2, 0) is 0 Å². The van der Waals surface area contributed by atoms with Crippen molar-refractivity contribution >= 4 is 29.1 Å². The maximum Gasteiger partial charge on any atom is 0.247 e. The van der Waals surface area contributed by atoms with Gasteiger partial charge in [0.15, 0.2) is 11.4 Å². The highest BCUT2D eigenvalue weighted by Crippen LogP contribution is 2.45. The van der Waals surface area contributed by atoms with Gasteiger partial charge >= 0.3 is 0 Å². The normalized spacial score (nSPS) is 25.2. The second-order valence-corrected chi connectivity index (χ2v) is 7.77. The summed E-state index contributed by atoms with van der Waals surface area (Å²) < 4.78 is 6.44. The molecule has 7 heteroatoms. The highest BCUT2D eigenvalue weighted by Gasteiger charge is 2.41. The molecule has 5 nitrogen and oxygen atoms in total. The molecule has 1 spiro atoms. The van der Waals surface area contributed by atoms with Crippen molar-refractivity contribution in [1.29, 1.82) is 0 Å². The number of hydrogen-bond donors (Lipinski definition) is 1. The third-order valence-corrected chi connectivity index (χ3v) is 5.44. The van der Waals surface area contributed by atoms with Crippen LogP contribution in [0.5, 0.6) is 5.88 Å². The average Bonchev–Trinajstić information content (AvgIpc) is 2.68. The summed E-state index contributed by atoms with van der Waals surface area (Å²) in [6.07, 6.45) is 6.16. The van der Waals surface area contributed by atoms with Gasteiger partial charge in [-0.05, 0) is 36.8 Å². The van der Waals surface area contributed by atoms with E-state index in [0.717, 1.165) is 30.5 Å². The zero-order chi connectivity index (χ0) is 16.7. The van der Waals surface area contributed by atoms with Gasteiger partial charge in [-0.15, -0.1) is 10.2 Å². The summed E-state index contributed by atoms with van der Waals surface area (Å²) in [5.74, 6) is 1.13. The topological polar surface area (TPSA) is 59.9 Å². The van der Waals surface area contributed by atoms with Gasteiger partial charge in [0, 0.05) is 29.1 Å². The molecule has 2 aliphatic rings. The summed E-state index contributed by atoms with van der Waals surface area (Å²) in [7, 11) is 0. The van der Waals surface area contributed by atoms with Crippen LogP contribution >= 0.6 is 23.4 Å². The Hall–Kier alpha value is -1.53. The molecular weight excluding hydrogens is 344 g/mol. The van der Waals surface area contributed by atoms with Crippen LogP contribution in [0.4, 0.5) is 5.69 Å². The molecule has 2 atom stereocenters. The predicted molar refractivity (Wildman–Crippen MR) is 96.7 cm³/mol. The van der Waals surface area contributed by atoms with Crippen LogP contribution in [0.1, 0.15) is 32.6 Å².